The molecule has 1 fully saturated rings. The van der Waals surface area contributed by atoms with Crippen LogP contribution in [0.15, 0.2) is 18.2 Å². The number of anilines is 2. The highest BCUT2D eigenvalue weighted by Gasteiger charge is 2.45. The van der Waals surface area contributed by atoms with Crippen molar-refractivity contribution in [1.82, 2.24) is 5.32 Å². The SMILES string of the molecule is CNC(=O)c1ccc(N)cc1NCC1CC1(C)C. The predicted molar refractivity (Wildman–Crippen MR) is 74.6 cm³/mol. The molecule has 0 aromatic heterocycles. The highest BCUT2D eigenvalue weighted by molar-refractivity contribution is 6.00. The second kappa shape index (κ2) is 4.52. The molecule has 1 unspecified atom stereocenters. The maximum atomic E-state index is 11.7. The van der Waals surface area contributed by atoms with Crippen LogP contribution in [0.4, 0.5) is 11.4 Å². The second-order valence-corrected chi connectivity index (χ2v) is 5.65. The summed E-state index contributed by atoms with van der Waals surface area (Å²) in [6.07, 6.45) is 1.23. The summed E-state index contributed by atoms with van der Waals surface area (Å²) in [4.78, 5) is 11.7. The summed E-state index contributed by atoms with van der Waals surface area (Å²) in [5, 5.41) is 5.99. The van der Waals surface area contributed by atoms with Crippen LogP contribution in [0.25, 0.3) is 0 Å². The number of amides is 1. The van der Waals surface area contributed by atoms with Gasteiger partial charge in [0, 0.05) is 25.0 Å². The molecular formula is C14H21N3O. The van der Waals surface area contributed by atoms with E-state index in [1.165, 1.54) is 6.42 Å². The molecule has 1 atom stereocenters. The number of benzene rings is 1. The molecular weight excluding hydrogens is 226 g/mol. The van der Waals surface area contributed by atoms with Gasteiger partial charge in [-0.25, -0.2) is 0 Å². The molecule has 0 bridgehead atoms. The van der Waals surface area contributed by atoms with Gasteiger partial charge in [0.1, 0.15) is 0 Å². The van der Waals surface area contributed by atoms with Crippen molar-refractivity contribution in [3.63, 3.8) is 0 Å². The topological polar surface area (TPSA) is 67.2 Å². The van der Waals surface area contributed by atoms with Crippen molar-refractivity contribution >= 4 is 17.3 Å². The molecule has 0 aliphatic heterocycles. The smallest absolute Gasteiger partial charge is 0.253 e. The first-order chi connectivity index (χ1) is 8.44. The van der Waals surface area contributed by atoms with Gasteiger partial charge in [0.05, 0.1) is 5.56 Å². The summed E-state index contributed by atoms with van der Waals surface area (Å²) >= 11 is 0. The number of hydrogen-bond acceptors (Lipinski definition) is 3. The second-order valence-electron chi connectivity index (χ2n) is 5.65. The normalized spacial score (nSPS) is 20.3. The van der Waals surface area contributed by atoms with Gasteiger partial charge in [0.2, 0.25) is 0 Å². The van der Waals surface area contributed by atoms with Crippen molar-refractivity contribution in [2.75, 3.05) is 24.6 Å². The van der Waals surface area contributed by atoms with Crippen LogP contribution in [0.1, 0.15) is 30.6 Å². The van der Waals surface area contributed by atoms with Gasteiger partial charge >= 0.3 is 0 Å². The molecule has 2 rings (SSSR count). The van der Waals surface area contributed by atoms with E-state index in [0.29, 0.717) is 22.6 Å². The van der Waals surface area contributed by atoms with Crippen molar-refractivity contribution < 1.29 is 4.79 Å². The molecule has 0 saturated heterocycles. The standard InChI is InChI=1S/C14H21N3O/c1-14(2)7-9(14)8-17-12-6-10(15)4-5-11(12)13(18)16-3/h4-6,9,17H,7-8,15H2,1-3H3,(H,16,18). The molecule has 1 aliphatic carbocycles. The average molecular weight is 247 g/mol. The molecule has 0 spiro atoms. The van der Waals surface area contributed by atoms with Gasteiger partial charge in [-0.1, -0.05) is 13.8 Å². The predicted octanol–water partition coefficient (Wildman–Crippen LogP) is 2.09. The molecule has 98 valence electrons. The minimum Gasteiger partial charge on any atom is -0.399 e. The van der Waals surface area contributed by atoms with E-state index in [1.807, 2.05) is 6.07 Å². The number of nitrogen functional groups attached to an aromatic ring is 1. The number of rotatable bonds is 4. The maximum Gasteiger partial charge on any atom is 0.253 e. The zero-order valence-corrected chi connectivity index (χ0v) is 11.2. The average Bonchev–Trinajstić information content (AvgIpc) is 2.93. The van der Waals surface area contributed by atoms with Crippen LogP contribution in [0.3, 0.4) is 0 Å². The van der Waals surface area contributed by atoms with Crippen LogP contribution in [-0.4, -0.2) is 19.5 Å². The fraction of sp³-hybridized carbons (Fsp3) is 0.500. The zero-order valence-electron chi connectivity index (χ0n) is 11.2. The quantitative estimate of drug-likeness (QED) is 0.714. The zero-order chi connectivity index (χ0) is 13.3. The van der Waals surface area contributed by atoms with Crippen LogP contribution in [-0.2, 0) is 0 Å². The minimum atomic E-state index is -0.0902. The van der Waals surface area contributed by atoms with Crippen LogP contribution in [0.2, 0.25) is 0 Å². The maximum absolute atomic E-state index is 11.7. The lowest BCUT2D eigenvalue weighted by atomic mass is 10.1. The van der Waals surface area contributed by atoms with E-state index in [9.17, 15) is 4.79 Å². The number of nitrogens with two attached hydrogens (primary N) is 1. The molecule has 4 heteroatoms. The van der Waals surface area contributed by atoms with Crippen molar-refractivity contribution in [3.05, 3.63) is 23.8 Å². The first-order valence-electron chi connectivity index (χ1n) is 6.29. The van der Waals surface area contributed by atoms with Crippen LogP contribution in [0.5, 0.6) is 0 Å². The summed E-state index contributed by atoms with van der Waals surface area (Å²) < 4.78 is 0. The van der Waals surface area contributed by atoms with Crippen LogP contribution >= 0.6 is 0 Å². The van der Waals surface area contributed by atoms with E-state index in [0.717, 1.165) is 12.2 Å². The minimum absolute atomic E-state index is 0.0902. The molecule has 0 heterocycles. The number of nitrogens with one attached hydrogen (secondary N) is 2. The molecule has 0 radical (unpaired) electrons. The third-order valence-electron chi connectivity index (χ3n) is 3.77. The van der Waals surface area contributed by atoms with Gasteiger partial charge < -0.3 is 16.4 Å². The molecule has 1 aromatic carbocycles. The fourth-order valence-corrected chi connectivity index (χ4v) is 2.20. The summed E-state index contributed by atoms with van der Waals surface area (Å²) in [6.45, 7) is 5.41. The van der Waals surface area contributed by atoms with Gasteiger partial charge in [0.15, 0.2) is 0 Å². The van der Waals surface area contributed by atoms with Gasteiger partial charge in [-0.05, 0) is 36.0 Å². The Labute approximate surface area is 108 Å². The summed E-state index contributed by atoms with van der Waals surface area (Å²) in [6, 6.07) is 5.32. The van der Waals surface area contributed by atoms with Gasteiger partial charge in [-0.2, -0.15) is 0 Å². The lowest BCUT2D eigenvalue weighted by molar-refractivity contribution is 0.0964. The highest BCUT2D eigenvalue weighted by Crippen LogP contribution is 2.51. The first-order valence-corrected chi connectivity index (χ1v) is 6.29. The van der Waals surface area contributed by atoms with E-state index in [1.54, 1.807) is 19.2 Å². The van der Waals surface area contributed by atoms with Crippen molar-refractivity contribution in [3.8, 4) is 0 Å². The Kier molecular flexibility index (Phi) is 3.20. The summed E-state index contributed by atoms with van der Waals surface area (Å²) in [5.74, 6) is 0.587. The van der Waals surface area contributed by atoms with Crippen molar-refractivity contribution in [2.24, 2.45) is 11.3 Å². The Morgan fingerprint density at radius 3 is 2.72 bits per heavy atom. The van der Waals surface area contributed by atoms with Crippen molar-refractivity contribution in [1.29, 1.82) is 0 Å². The Balaban J connectivity index is 2.10. The molecule has 18 heavy (non-hydrogen) atoms. The number of carbonyl (C=O) groups is 1. The summed E-state index contributed by atoms with van der Waals surface area (Å²) in [5.41, 5.74) is 8.33. The monoisotopic (exact) mass is 247 g/mol. The third kappa shape index (κ3) is 2.58. The van der Waals surface area contributed by atoms with E-state index < -0.39 is 0 Å². The highest BCUT2D eigenvalue weighted by atomic mass is 16.1. The number of hydrogen-bond donors (Lipinski definition) is 3. The molecule has 4 nitrogen and oxygen atoms in total. The van der Waals surface area contributed by atoms with Gasteiger partial charge in [-0.3, -0.25) is 4.79 Å². The fourth-order valence-electron chi connectivity index (χ4n) is 2.20. The molecule has 1 saturated carbocycles. The molecule has 4 N–H and O–H groups in total. The van der Waals surface area contributed by atoms with Crippen LogP contribution < -0.4 is 16.4 Å². The first kappa shape index (κ1) is 12.7. The lowest BCUT2D eigenvalue weighted by Crippen LogP contribution is -2.20. The Morgan fingerprint density at radius 1 is 1.50 bits per heavy atom. The molecule has 1 amide bonds. The Hall–Kier alpha value is -1.71. The van der Waals surface area contributed by atoms with Crippen molar-refractivity contribution in [2.45, 2.75) is 20.3 Å². The van der Waals surface area contributed by atoms with Gasteiger partial charge in [0.25, 0.3) is 5.91 Å². The molecule has 1 aromatic rings. The van der Waals surface area contributed by atoms with E-state index in [4.69, 9.17) is 5.73 Å². The van der Waals surface area contributed by atoms with E-state index in [-0.39, 0.29) is 5.91 Å². The van der Waals surface area contributed by atoms with E-state index >= 15 is 0 Å². The third-order valence-corrected chi connectivity index (χ3v) is 3.77. The molecule has 1 aliphatic rings. The largest absolute Gasteiger partial charge is 0.399 e. The van der Waals surface area contributed by atoms with E-state index in [2.05, 4.69) is 24.5 Å². The van der Waals surface area contributed by atoms with Crippen LogP contribution in [0, 0.1) is 11.3 Å². The summed E-state index contributed by atoms with van der Waals surface area (Å²) in [7, 11) is 1.63. The Morgan fingerprint density at radius 2 is 2.17 bits per heavy atom. The number of carbonyl (C=O) groups excluding carboxylic acids is 1. The Bertz CT molecular complexity index is 468. The lowest BCUT2D eigenvalue weighted by Gasteiger charge is -2.12. The van der Waals surface area contributed by atoms with Gasteiger partial charge in [-0.15, -0.1) is 0 Å².